The van der Waals surface area contributed by atoms with Crippen LogP contribution in [0.15, 0.2) is 24.4 Å². The van der Waals surface area contributed by atoms with Gasteiger partial charge in [-0.1, -0.05) is 12.1 Å². The fourth-order valence-electron chi connectivity index (χ4n) is 4.49. The Bertz CT molecular complexity index is 720. The van der Waals surface area contributed by atoms with Crippen LogP contribution in [0.2, 0.25) is 0 Å². The van der Waals surface area contributed by atoms with Crippen molar-refractivity contribution in [3.05, 3.63) is 35.5 Å². The van der Waals surface area contributed by atoms with Crippen molar-refractivity contribution in [1.29, 1.82) is 0 Å². The van der Waals surface area contributed by atoms with Crippen molar-refractivity contribution in [2.45, 2.75) is 31.7 Å². The maximum atomic E-state index is 11.2. The molecular formula is C18H23N3O. The largest absolute Gasteiger partial charge is 0.361 e. The first-order chi connectivity index (χ1) is 10.6. The van der Waals surface area contributed by atoms with E-state index in [4.69, 9.17) is 0 Å². The number of H-pyrrole nitrogens is 1. The second-order valence-electron chi connectivity index (χ2n) is 6.94. The smallest absolute Gasteiger partial charge is 0.216 e. The lowest BCUT2D eigenvalue weighted by molar-refractivity contribution is -0.119. The zero-order valence-corrected chi connectivity index (χ0v) is 13.2. The quantitative estimate of drug-likeness (QED) is 0.893. The molecule has 2 aromatic rings. The Morgan fingerprint density at radius 1 is 1.45 bits per heavy atom. The fourth-order valence-corrected chi connectivity index (χ4v) is 4.49. The van der Waals surface area contributed by atoms with Crippen LogP contribution in [-0.2, 0) is 11.2 Å². The van der Waals surface area contributed by atoms with Gasteiger partial charge >= 0.3 is 0 Å². The molecule has 4 heteroatoms. The summed E-state index contributed by atoms with van der Waals surface area (Å²) in [6.07, 6.45) is 4.48. The standard InChI is InChI=1S/C18H23N3O/c1-11(22)19-8-12-6-15-14-4-3-5-16-18(14)13(9-20-16)7-17(15)21(2)10-12/h3-5,9,12,15,17,20H,6-8,10H2,1-2H3,(H,19,22)/t12-,15-,17+/m1/s1. The number of likely N-dealkylation sites (tertiary alicyclic amines) is 1. The number of rotatable bonds is 2. The topological polar surface area (TPSA) is 48.1 Å². The summed E-state index contributed by atoms with van der Waals surface area (Å²) in [4.78, 5) is 17.1. The van der Waals surface area contributed by atoms with E-state index in [1.165, 1.54) is 28.5 Å². The van der Waals surface area contributed by atoms with Gasteiger partial charge in [0.1, 0.15) is 0 Å². The van der Waals surface area contributed by atoms with E-state index in [0.29, 0.717) is 17.9 Å². The van der Waals surface area contributed by atoms with Crippen LogP contribution < -0.4 is 5.32 Å². The molecule has 0 bridgehead atoms. The molecule has 1 aliphatic carbocycles. The number of nitrogens with one attached hydrogen (secondary N) is 2. The SMILES string of the molecule is CC(=O)NC[C@H]1C[C@@H]2c3cccc4[nH]cc(c34)C[C@@H]2N(C)C1. The fraction of sp³-hybridized carbons (Fsp3) is 0.500. The first-order valence-corrected chi connectivity index (χ1v) is 8.17. The monoisotopic (exact) mass is 297 g/mol. The average Bonchev–Trinajstić information content (AvgIpc) is 2.91. The Balaban J connectivity index is 1.67. The van der Waals surface area contributed by atoms with Gasteiger partial charge in [0.25, 0.3) is 0 Å². The minimum absolute atomic E-state index is 0.0726. The Labute approximate surface area is 130 Å². The van der Waals surface area contributed by atoms with E-state index in [9.17, 15) is 4.79 Å². The van der Waals surface area contributed by atoms with Crippen LogP contribution in [0, 0.1) is 5.92 Å². The Kier molecular flexibility index (Phi) is 3.22. The third kappa shape index (κ3) is 2.13. The van der Waals surface area contributed by atoms with Crippen LogP contribution in [0.4, 0.5) is 0 Å². The summed E-state index contributed by atoms with van der Waals surface area (Å²) in [5.74, 6) is 1.18. The number of hydrogen-bond donors (Lipinski definition) is 2. The summed E-state index contributed by atoms with van der Waals surface area (Å²) in [7, 11) is 2.23. The lowest BCUT2D eigenvalue weighted by Gasteiger charge is -2.45. The van der Waals surface area contributed by atoms with Gasteiger partial charge in [-0.15, -0.1) is 0 Å². The van der Waals surface area contributed by atoms with E-state index < -0.39 is 0 Å². The summed E-state index contributed by atoms with van der Waals surface area (Å²) < 4.78 is 0. The zero-order valence-electron chi connectivity index (χ0n) is 13.2. The number of hydrogen-bond acceptors (Lipinski definition) is 2. The number of aromatic amines is 1. The highest BCUT2D eigenvalue weighted by atomic mass is 16.1. The van der Waals surface area contributed by atoms with Crippen molar-refractivity contribution in [1.82, 2.24) is 15.2 Å². The van der Waals surface area contributed by atoms with E-state index >= 15 is 0 Å². The van der Waals surface area contributed by atoms with Gasteiger partial charge in [0.05, 0.1) is 0 Å². The normalized spacial score (nSPS) is 27.6. The molecule has 4 rings (SSSR count). The number of carbonyl (C=O) groups excluding carboxylic acids is 1. The van der Waals surface area contributed by atoms with Gasteiger partial charge in [-0.3, -0.25) is 4.79 Å². The average molecular weight is 297 g/mol. The number of piperidine rings is 1. The van der Waals surface area contributed by atoms with E-state index in [0.717, 1.165) is 19.5 Å². The van der Waals surface area contributed by atoms with Crippen molar-refractivity contribution in [3.8, 4) is 0 Å². The minimum Gasteiger partial charge on any atom is -0.361 e. The highest BCUT2D eigenvalue weighted by Gasteiger charge is 2.39. The predicted molar refractivity (Wildman–Crippen MR) is 88.0 cm³/mol. The molecule has 0 saturated carbocycles. The van der Waals surface area contributed by atoms with Crippen molar-refractivity contribution in [2.75, 3.05) is 20.1 Å². The van der Waals surface area contributed by atoms with Crippen LogP contribution in [0.5, 0.6) is 0 Å². The number of benzene rings is 1. The lowest BCUT2D eigenvalue weighted by atomic mass is 9.72. The lowest BCUT2D eigenvalue weighted by Crippen LogP contribution is -2.50. The van der Waals surface area contributed by atoms with Gasteiger partial charge in [-0.25, -0.2) is 0 Å². The molecule has 4 nitrogen and oxygen atoms in total. The summed E-state index contributed by atoms with van der Waals surface area (Å²) >= 11 is 0. The Morgan fingerprint density at radius 2 is 2.32 bits per heavy atom. The van der Waals surface area contributed by atoms with Crippen molar-refractivity contribution in [2.24, 2.45) is 5.92 Å². The number of fused-ring (bicyclic) bond motifs is 2. The molecule has 1 aromatic heterocycles. The van der Waals surface area contributed by atoms with Gasteiger partial charge in [0.2, 0.25) is 5.91 Å². The Morgan fingerprint density at radius 3 is 3.14 bits per heavy atom. The van der Waals surface area contributed by atoms with Gasteiger partial charge in [0, 0.05) is 49.1 Å². The Hall–Kier alpha value is -1.81. The molecule has 1 amide bonds. The van der Waals surface area contributed by atoms with Crippen LogP contribution in [0.3, 0.4) is 0 Å². The first-order valence-electron chi connectivity index (χ1n) is 8.17. The number of likely N-dealkylation sites (N-methyl/N-ethyl adjacent to an activating group) is 1. The molecule has 1 saturated heterocycles. The van der Waals surface area contributed by atoms with Crippen molar-refractivity contribution < 1.29 is 4.79 Å². The highest BCUT2D eigenvalue weighted by molar-refractivity contribution is 5.88. The minimum atomic E-state index is 0.0726. The maximum absolute atomic E-state index is 11.2. The molecule has 0 spiro atoms. The van der Waals surface area contributed by atoms with E-state index in [1.54, 1.807) is 6.92 Å². The van der Waals surface area contributed by atoms with Crippen LogP contribution in [0.1, 0.15) is 30.4 Å². The highest BCUT2D eigenvalue weighted by Crippen LogP contribution is 2.44. The number of aromatic nitrogens is 1. The molecule has 22 heavy (non-hydrogen) atoms. The van der Waals surface area contributed by atoms with Gasteiger partial charge in [-0.05, 0) is 43.0 Å². The number of nitrogens with zero attached hydrogens (tertiary/aromatic N) is 1. The van der Waals surface area contributed by atoms with Gasteiger partial charge < -0.3 is 15.2 Å². The molecule has 0 radical (unpaired) electrons. The number of carbonyl (C=O) groups is 1. The van der Waals surface area contributed by atoms with Crippen molar-refractivity contribution >= 4 is 16.8 Å². The second-order valence-corrected chi connectivity index (χ2v) is 6.94. The van der Waals surface area contributed by atoms with E-state index in [-0.39, 0.29) is 5.91 Å². The van der Waals surface area contributed by atoms with Crippen LogP contribution in [0.25, 0.3) is 10.9 Å². The molecule has 3 atom stereocenters. The summed E-state index contributed by atoms with van der Waals surface area (Å²) in [6.45, 7) is 3.46. The molecule has 1 aromatic carbocycles. The van der Waals surface area contributed by atoms with Gasteiger partial charge in [-0.2, -0.15) is 0 Å². The van der Waals surface area contributed by atoms with Crippen molar-refractivity contribution in [3.63, 3.8) is 0 Å². The van der Waals surface area contributed by atoms with E-state index in [1.807, 2.05) is 0 Å². The molecule has 1 fully saturated rings. The molecule has 2 aliphatic rings. The number of amides is 1. The van der Waals surface area contributed by atoms with Crippen LogP contribution >= 0.6 is 0 Å². The first kappa shape index (κ1) is 13.8. The molecule has 1 aliphatic heterocycles. The van der Waals surface area contributed by atoms with E-state index in [2.05, 4.69) is 46.6 Å². The predicted octanol–water partition coefficient (Wildman–Crippen LogP) is 2.26. The maximum Gasteiger partial charge on any atom is 0.216 e. The molecule has 116 valence electrons. The molecule has 2 N–H and O–H groups in total. The van der Waals surface area contributed by atoms with Crippen LogP contribution in [-0.4, -0.2) is 42.0 Å². The second kappa shape index (κ2) is 5.13. The molecule has 0 unspecified atom stereocenters. The zero-order chi connectivity index (χ0) is 15.3. The molecule has 2 heterocycles. The summed E-state index contributed by atoms with van der Waals surface area (Å²) in [5, 5.41) is 4.44. The third-order valence-electron chi connectivity index (χ3n) is 5.45. The summed E-state index contributed by atoms with van der Waals surface area (Å²) in [5.41, 5.74) is 4.21. The summed E-state index contributed by atoms with van der Waals surface area (Å²) in [6, 6.07) is 7.22. The third-order valence-corrected chi connectivity index (χ3v) is 5.45. The molecular weight excluding hydrogens is 274 g/mol. The van der Waals surface area contributed by atoms with Gasteiger partial charge in [0.15, 0.2) is 0 Å².